The second-order valence-electron chi connectivity index (χ2n) is 7.01. The summed E-state index contributed by atoms with van der Waals surface area (Å²) >= 11 is 1.41. The lowest BCUT2D eigenvalue weighted by atomic mass is 10.2. The zero-order chi connectivity index (χ0) is 22.5. The second-order valence-corrected chi connectivity index (χ2v) is 8.10. The quantitative estimate of drug-likeness (QED) is 0.558. The summed E-state index contributed by atoms with van der Waals surface area (Å²) in [7, 11) is 3.11. The fraction of sp³-hybridized carbons (Fsp3) is 0.286. The first-order chi connectivity index (χ1) is 15.6. The molecule has 1 aromatic carbocycles. The number of fused-ring (bicyclic) bond motifs is 1. The molecule has 0 radical (unpaired) electrons. The van der Waals surface area contributed by atoms with Crippen molar-refractivity contribution in [2.45, 2.75) is 13.0 Å². The molecular formula is C21H22N6O4S. The number of aromatic nitrogens is 3. The number of hydrogen-bond donors (Lipinski definition) is 2. The van der Waals surface area contributed by atoms with E-state index >= 15 is 0 Å². The number of thiazole rings is 1. The first-order valence-electron chi connectivity index (χ1n) is 9.86. The van der Waals surface area contributed by atoms with Gasteiger partial charge in [0.15, 0.2) is 16.6 Å². The number of nitrogens with zero attached hydrogens (tertiary/aromatic N) is 4. The molecular weight excluding hydrogens is 432 g/mol. The molecule has 0 atom stereocenters. The smallest absolute Gasteiger partial charge is 0.277 e. The van der Waals surface area contributed by atoms with Gasteiger partial charge in [0.05, 0.1) is 32.7 Å². The van der Waals surface area contributed by atoms with Gasteiger partial charge in [-0.2, -0.15) is 0 Å². The molecule has 0 saturated carbocycles. The van der Waals surface area contributed by atoms with Gasteiger partial charge in [0.25, 0.3) is 5.91 Å². The van der Waals surface area contributed by atoms with Crippen LogP contribution in [0.2, 0.25) is 0 Å². The van der Waals surface area contributed by atoms with E-state index in [-0.39, 0.29) is 24.1 Å². The molecule has 166 valence electrons. The van der Waals surface area contributed by atoms with Crippen LogP contribution in [-0.4, -0.2) is 59.0 Å². The van der Waals surface area contributed by atoms with Crippen LogP contribution in [0.5, 0.6) is 11.5 Å². The van der Waals surface area contributed by atoms with Crippen LogP contribution in [0.15, 0.2) is 36.8 Å². The first-order valence-corrected chi connectivity index (χ1v) is 10.7. The number of nitrogens with one attached hydrogen (secondary N) is 2. The van der Waals surface area contributed by atoms with Crippen molar-refractivity contribution in [3.63, 3.8) is 0 Å². The Balaban J connectivity index is 1.34. The van der Waals surface area contributed by atoms with E-state index < -0.39 is 0 Å². The number of anilines is 2. The molecule has 2 amide bonds. The van der Waals surface area contributed by atoms with Crippen molar-refractivity contribution in [2.24, 2.45) is 0 Å². The van der Waals surface area contributed by atoms with Gasteiger partial charge < -0.3 is 14.8 Å². The van der Waals surface area contributed by atoms with Gasteiger partial charge in [0.1, 0.15) is 5.69 Å². The number of rotatable bonds is 7. The third kappa shape index (κ3) is 5.01. The Morgan fingerprint density at radius 2 is 2.00 bits per heavy atom. The Morgan fingerprint density at radius 1 is 1.16 bits per heavy atom. The monoisotopic (exact) mass is 454 g/mol. The van der Waals surface area contributed by atoms with Crippen LogP contribution in [-0.2, 0) is 17.8 Å². The molecule has 3 heterocycles. The van der Waals surface area contributed by atoms with E-state index in [1.54, 1.807) is 32.4 Å². The predicted octanol–water partition coefficient (Wildman–Crippen LogP) is 2.20. The second kappa shape index (κ2) is 9.71. The van der Waals surface area contributed by atoms with Gasteiger partial charge in [-0.15, -0.1) is 11.3 Å². The highest BCUT2D eigenvalue weighted by atomic mass is 32.1. The highest BCUT2D eigenvalue weighted by Crippen LogP contribution is 2.30. The first kappa shape index (κ1) is 21.7. The average molecular weight is 455 g/mol. The molecule has 0 unspecified atom stereocenters. The van der Waals surface area contributed by atoms with Gasteiger partial charge in [-0.05, 0) is 12.1 Å². The van der Waals surface area contributed by atoms with Gasteiger partial charge in [0.2, 0.25) is 5.91 Å². The fourth-order valence-electron chi connectivity index (χ4n) is 3.33. The zero-order valence-electron chi connectivity index (χ0n) is 17.6. The summed E-state index contributed by atoms with van der Waals surface area (Å²) < 4.78 is 10.5. The lowest BCUT2D eigenvalue weighted by molar-refractivity contribution is -0.117. The highest BCUT2D eigenvalue weighted by Gasteiger charge is 2.23. The van der Waals surface area contributed by atoms with Crippen LogP contribution in [0, 0.1) is 0 Å². The summed E-state index contributed by atoms with van der Waals surface area (Å²) in [5.41, 5.74) is 1.81. The molecule has 11 heteroatoms. The molecule has 4 rings (SSSR count). The molecule has 32 heavy (non-hydrogen) atoms. The molecule has 2 aromatic heterocycles. The molecule has 1 aliphatic heterocycles. The van der Waals surface area contributed by atoms with Crippen molar-refractivity contribution in [1.82, 2.24) is 19.9 Å². The van der Waals surface area contributed by atoms with E-state index in [4.69, 9.17) is 9.47 Å². The van der Waals surface area contributed by atoms with Crippen molar-refractivity contribution in [1.29, 1.82) is 0 Å². The number of ether oxygens (including phenoxy) is 2. The maximum absolute atomic E-state index is 12.5. The largest absolute Gasteiger partial charge is 0.493 e. The minimum Gasteiger partial charge on any atom is -0.493 e. The Hall–Kier alpha value is -3.57. The van der Waals surface area contributed by atoms with Gasteiger partial charge in [0, 0.05) is 48.5 Å². The zero-order valence-corrected chi connectivity index (χ0v) is 18.4. The molecule has 0 saturated heterocycles. The van der Waals surface area contributed by atoms with Crippen LogP contribution >= 0.6 is 11.3 Å². The molecule has 3 aromatic rings. The molecule has 0 spiro atoms. The Morgan fingerprint density at radius 3 is 2.75 bits per heavy atom. The summed E-state index contributed by atoms with van der Waals surface area (Å²) in [6.45, 7) is 1.54. The van der Waals surface area contributed by atoms with E-state index in [0.29, 0.717) is 41.8 Å². The molecule has 1 aliphatic rings. The molecule has 10 nitrogen and oxygen atoms in total. The van der Waals surface area contributed by atoms with Crippen LogP contribution in [0.1, 0.15) is 21.1 Å². The minimum absolute atomic E-state index is 0.124. The molecule has 2 N–H and O–H groups in total. The third-order valence-corrected chi connectivity index (χ3v) is 5.86. The summed E-state index contributed by atoms with van der Waals surface area (Å²) in [5, 5.41) is 6.18. The fourth-order valence-corrected chi connectivity index (χ4v) is 4.38. The SMILES string of the molecule is COc1ccc(NC(=O)CN2CCc3nc(NC(=O)c4cnccn4)sc3C2)cc1OC. The maximum Gasteiger partial charge on any atom is 0.277 e. The van der Waals surface area contributed by atoms with Crippen molar-refractivity contribution in [3.8, 4) is 11.5 Å². The summed E-state index contributed by atoms with van der Waals surface area (Å²) in [6, 6.07) is 5.24. The van der Waals surface area contributed by atoms with E-state index in [2.05, 4.69) is 25.6 Å². The van der Waals surface area contributed by atoms with E-state index in [9.17, 15) is 9.59 Å². The molecule has 0 fully saturated rings. The topological polar surface area (TPSA) is 119 Å². The van der Waals surface area contributed by atoms with Gasteiger partial charge >= 0.3 is 0 Å². The highest BCUT2D eigenvalue weighted by molar-refractivity contribution is 7.15. The lowest BCUT2D eigenvalue weighted by Gasteiger charge is -2.25. The number of carbonyl (C=O) groups is 2. The van der Waals surface area contributed by atoms with Crippen molar-refractivity contribution in [2.75, 3.05) is 37.9 Å². The number of amides is 2. The number of carbonyl (C=O) groups excluding carboxylic acids is 2. The number of hydrogen-bond acceptors (Lipinski definition) is 9. The van der Waals surface area contributed by atoms with Gasteiger partial charge in [-0.25, -0.2) is 9.97 Å². The van der Waals surface area contributed by atoms with Crippen LogP contribution in [0.3, 0.4) is 0 Å². The van der Waals surface area contributed by atoms with Crippen molar-refractivity contribution >= 4 is 34.0 Å². The normalized spacial score (nSPS) is 13.2. The predicted molar refractivity (Wildman–Crippen MR) is 119 cm³/mol. The number of benzene rings is 1. The standard InChI is InChI=1S/C21H22N6O4S/c1-30-16-4-3-13(9-17(16)31-2)24-19(28)12-27-8-5-14-18(11-27)32-21(25-14)26-20(29)15-10-22-6-7-23-15/h3-4,6-7,9-10H,5,8,11-12H2,1-2H3,(H,24,28)(H,25,26,29). The van der Waals surface area contributed by atoms with Crippen molar-refractivity contribution in [3.05, 3.63) is 53.1 Å². The van der Waals surface area contributed by atoms with Gasteiger partial charge in [-0.3, -0.25) is 24.8 Å². The van der Waals surface area contributed by atoms with E-state index in [1.165, 1.54) is 29.9 Å². The van der Waals surface area contributed by atoms with Crippen LogP contribution < -0.4 is 20.1 Å². The summed E-state index contributed by atoms with van der Waals surface area (Å²) in [6.07, 6.45) is 5.08. The minimum atomic E-state index is -0.352. The summed E-state index contributed by atoms with van der Waals surface area (Å²) in [5.74, 6) is 0.673. The van der Waals surface area contributed by atoms with Crippen LogP contribution in [0.4, 0.5) is 10.8 Å². The average Bonchev–Trinajstić information content (AvgIpc) is 3.20. The molecule has 0 bridgehead atoms. The van der Waals surface area contributed by atoms with Crippen LogP contribution in [0.25, 0.3) is 0 Å². The maximum atomic E-state index is 12.5. The molecule has 0 aliphatic carbocycles. The lowest BCUT2D eigenvalue weighted by Crippen LogP contribution is -2.36. The van der Waals surface area contributed by atoms with E-state index in [0.717, 1.165) is 10.6 Å². The Bertz CT molecular complexity index is 1120. The number of methoxy groups -OCH3 is 2. The Kier molecular flexibility index (Phi) is 6.57. The van der Waals surface area contributed by atoms with Crippen molar-refractivity contribution < 1.29 is 19.1 Å². The Labute approximate surface area is 188 Å². The van der Waals surface area contributed by atoms with E-state index in [1.807, 2.05) is 4.90 Å². The third-order valence-electron chi connectivity index (χ3n) is 4.86. The summed E-state index contributed by atoms with van der Waals surface area (Å²) in [4.78, 5) is 40.3. The van der Waals surface area contributed by atoms with Gasteiger partial charge in [-0.1, -0.05) is 0 Å².